The van der Waals surface area contributed by atoms with Gasteiger partial charge in [-0.3, -0.25) is 0 Å². The van der Waals surface area contributed by atoms with Crippen molar-refractivity contribution in [3.8, 4) is 0 Å². The molecule has 0 saturated heterocycles. The molecule has 1 aromatic heterocycles. The third-order valence-corrected chi connectivity index (χ3v) is 4.47. The lowest BCUT2D eigenvalue weighted by molar-refractivity contribution is 0.521. The lowest BCUT2D eigenvalue weighted by atomic mass is 9.94. The topological polar surface area (TPSA) is 13.1 Å². The average Bonchev–Trinajstić information content (AvgIpc) is 3.11. The van der Waals surface area contributed by atoms with Gasteiger partial charge in [0.2, 0.25) is 0 Å². The van der Waals surface area contributed by atoms with Gasteiger partial charge in [0.1, 0.15) is 11.5 Å². The molecule has 0 fully saturated rings. The maximum atomic E-state index is 5.80. The first-order chi connectivity index (χ1) is 10.7. The molecule has 1 aliphatic rings. The first-order valence-electron chi connectivity index (χ1n) is 8.19. The molecule has 1 heteroatoms. The van der Waals surface area contributed by atoms with Crippen molar-refractivity contribution in [2.24, 2.45) is 0 Å². The zero-order valence-electron chi connectivity index (χ0n) is 13.8. The Labute approximate surface area is 133 Å². The van der Waals surface area contributed by atoms with Gasteiger partial charge >= 0.3 is 0 Å². The van der Waals surface area contributed by atoms with E-state index in [2.05, 4.69) is 50.3 Å². The summed E-state index contributed by atoms with van der Waals surface area (Å²) in [5, 5.41) is 0. The van der Waals surface area contributed by atoms with Crippen LogP contribution in [-0.2, 0) is 12.8 Å². The molecule has 0 amide bonds. The summed E-state index contributed by atoms with van der Waals surface area (Å²) in [6, 6.07) is 8.68. The summed E-state index contributed by atoms with van der Waals surface area (Å²) < 4.78 is 5.80. The fourth-order valence-electron chi connectivity index (χ4n) is 3.25. The normalized spacial score (nSPS) is 13.7. The van der Waals surface area contributed by atoms with Crippen LogP contribution in [0.3, 0.4) is 0 Å². The van der Waals surface area contributed by atoms with E-state index in [0.29, 0.717) is 0 Å². The summed E-state index contributed by atoms with van der Waals surface area (Å²) in [5.41, 5.74) is 7.11. The molecule has 0 N–H and O–H groups in total. The monoisotopic (exact) mass is 292 g/mol. The van der Waals surface area contributed by atoms with Crippen LogP contribution in [0.2, 0.25) is 0 Å². The third-order valence-electron chi connectivity index (χ3n) is 4.47. The van der Waals surface area contributed by atoms with Gasteiger partial charge in [0.25, 0.3) is 0 Å². The number of aryl methyl sites for hydroxylation is 2. The van der Waals surface area contributed by atoms with Crippen molar-refractivity contribution in [2.75, 3.05) is 0 Å². The first-order valence-corrected chi connectivity index (χ1v) is 8.19. The minimum atomic E-state index is 0.981. The Morgan fingerprint density at radius 3 is 2.73 bits per heavy atom. The predicted molar refractivity (Wildman–Crippen MR) is 94.0 cm³/mol. The molecule has 1 aliphatic carbocycles. The number of fused-ring (bicyclic) bond motifs is 1. The Hall–Kier alpha value is -2.02. The second kappa shape index (κ2) is 6.39. The molecule has 0 radical (unpaired) electrons. The molecule has 0 atom stereocenters. The third kappa shape index (κ3) is 2.94. The molecule has 22 heavy (non-hydrogen) atoms. The van der Waals surface area contributed by atoms with Gasteiger partial charge in [-0.15, -0.1) is 0 Å². The Morgan fingerprint density at radius 1 is 1.14 bits per heavy atom. The van der Waals surface area contributed by atoms with Gasteiger partial charge in [-0.2, -0.15) is 0 Å². The highest BCUT2D eigenvalue weighted by Crippen LogP contribution is 2.36. The smallest absolute Gasteiger partial charge is 0.130 e. The SMILES string of the molecule is CC=CCCCc1c(C)ccc2c1C=C(c1ccc(C)o1)C2. The van der Waals surface area contributed by atoms with Crippen LogP contribution in [0, 0.1) is 13.8 Å². The van der Waals surface area contributed by atoms with E-state index in [9.17, 15) is 0 Å². The number of benzene rings is 1. The molecule has 0 unspecified atom stereocenters. The van der Waals surface area contributed by atoms with Crippen LogP contribution in [0.5, 0.6) is 0 Å². The summed E-state index contributed by atoms with van der Waals surface area (Å²) in [6.45, 7) is 6.32. The van der Waals surface area contributed by atoms with E-state index >= 15 is 0 Å². The summed E-state index contributed by atoms with van der Waals surface area (Å²) in [5.74, 6) is 2.00. The predicted octanol–water partition coefficient (Wildman–Crippen LogP) is 5.89. The van der Waals surface area contributed by atoms with Crippen LogP contribution in [0.4, 0.5) is 0 Å². The van der Waals surface area contributed by atoms with Crippen molar-refractivity contribution in [1.82, 2.24) is 0 Å². The quantitative estimate of drug-likeness (QED) is 0.494. The van der Waals surface area contributed by atoms with Crippen molar-refractivity contribution in [1.29, 1.82) is 0 Å². The van der Waals surface area contributed by atoms with Crippen LogP contribution < -0.4 is 0 Å². The second-order valence-electron chi connectivity index (χ2n) is 6.15. The standard InChI is InChI=1S/C21H24O/c1-4-5-6-7-8-19-15(2)9-11-17-13-18(14-20(17)19)21-12-10-16(3)22-21/h4-5,9-12,14H,6-8,13H2,1-3H3. The van der Waals surface area contributed by atoms with Gasteiger partial charge in [-0.25, -0.2) is 0 Å². The molecule has 1 aromatic carbocycles. The van der Waals surface area contributed by atoms with Gasteiger partial charge in [0.05, 0.1) is 0 Å². The Balaban J connectivity index is 1.87. The summed E-state index contributed by atoms with van der Waals surface area (Å²) in [6.07, 6.45) is 11.2. The Kier molecular flexibility index (Phi) is 4.33. The van der Waals surface area contributed by atoms with Crippen molar-refractivity contribution in [3.63, 3.8) is 0 Å². The first kappa shape index (κ1) is 14.9. The molecule has 0 aliphatic heterocycles. The van der Waals surface area contributed by atoms with Gasteiger partial charge in [-0.1, -0.05) is 24.3 Å². The summed E-state index contributed by atoms with van der Waals surface area (Å²) in [7, 11) is 0. The van der Waals surface area contributed by atoms with Crippen LogP contribution in [-0.4, -0.2) is 0 Å². The molecule has 1 nitrogen and oxygen atoms in total. The maximum absolute atomic E-state index is 5.80. The molecule has 0 saturated carbocycles. The molecule has 1 heterocycles. The van der Waals surface area contributed by atoms with E-state index < -0.39 is 0 Å². The molecule has 0 bridgehead atoms. The minimum Gasteiger partial charge on any atom is -0.462 e. The van der Waals surface area contributed by atoms with E-state index in [4.69, 9.17) is 4.42 Å². The number of hydrogen-bond donors (Lipinski definition) is 0. The van der Waals surface area contributed by atoms with E-state index in [-0.39, 0.29) is 0 Å². The van der Waals surface area contributed by atoms with E-state index in [1.165, 1.54) is 34.2 Å². The molecular weight excluding hydrogens is 268 g/mol. The van der Waals surface area contributed by atoms with E-state index in [1.807, 2.05) is 13.0 Å². The van der Waals surface area contributed by atoms with Gasteiger partial charge in [0, 0.05) is 6.42 Å². The van der Waals surface area contributed by atoms with Crippen molar-refractivity contribution in [3.05, 3.63) is 70.2 Å². The largest absolute Gasteiger partial charge is 0.462 e. The zero-order chi connectivity index (χ0) is 15.5. The lowest BCUT2D eigenvalue weighted by Gasteiger charge is -2.10. The van der Waals surface area contributed by atoms with E-state index in [0.717, 1.165) is 30.8 Å². The highest BCUT2D eigenvalue weighted by atomic mass is 16.3. The van der Waals surface area contributed by atoms with Gasteiger partial charge < -0.3 is 4.42 Å². The highest BCUT2D eigenvalue weighted by Gasteiger charge is 2.19. The number of hydrogen-bond acceptors (Lipinski definition) is 1. The van der Waals surface area contributed by atoms with Crippen molar-refractivity contribution in [2.45, 2.75) is 46.5 Å². The number of furan rings is 1. The Bertz CT molecular complexity index is 728. The molecule has 114 valence electrons. The Morgan fingerprint density at radius 2 is 2.00 bits per heavy atom. The van der Waals surface area contributed by atoms with Gasteiger partial charge in [-0.05, 0) is 86.1 Å². The van der Waals surface area contributed by atoms with E-state index in [1.54, 1.807) is 0 Å². The second-order valence-corrected chi connectivity index (χ2v) is 6.15. The van der Waals surface area contributed by atoms with Crippen LogP contribution in [0.15, 0.2) is 40.8 Å². The lowest BCUT2D eigenvalue weighted by Crippen LogP contribution is -1.96. The summed E-state index contributed by atoms with van der Waals surface area (Å²) >= 11 is 0. The fourth-order valence-corrected chi connectivity index (χ4v) is 3.25. The van der Waals surface area contributed by atoms with Crippen LogP contribution in [0.1, 0.15) is 53.5 Å². The molecule has 3 rings (SSSR count). The van der Waals surface area contributed by atoms with Crippen molar-refractivity contribution < 1.29 is 4.42 Å². The number of unbranched alkanes of at least 4 members (excludes halogenated alkanes) is 1. The van der Waals surface area contributed by atoms with Crippen LogP contribution >= 0.6 is 0 Å². The highest BCUT2D eigenvalue weighted by molar-refractivity contribution is 5.88. The fraction of sp³-hybridized carbons (Fsp3) is 0.333. The molecule has 2 aromatic rings. The summed E-state index contributed by atoms with van der Waals surface area (Å²) in [4.78, 5) is 0. The number of allylic oxidation sites excluding steroid dienone is 3. The molecule has 0 spiro atoms. The molecular formula is C21H24O. The zero-order valence-corrected chi connectivity index (χ0v) is 13.8. The maximum Gasteiger partial charge on any atom is 0.130 e. The van der Waals surface area contributed by atoms with Crippen LogP contribution in [0.25, 0.3) is 11.6 Å². The minimum absolute atomic E-state index is 0.981. The average molecular weight is 292 g/mol. The number of rotatable bonds is 5. The van der Waals surface area contributed by atoms with Crippen molar-refractivity contribution >= 4 is 11.6 Å². The van der Waals surface area contributed by atoms with Gasteiger partial charge in [0.15, 0.2) is 0 Å².